The largest absolute Gasteiger partial charge is 0.494 e. The number of rotatable bonds is 5. The van der Waals surface area contributed by atoms with Crippen molar-refractivity contribution in [3.05, 3.63) is 90.3 Å². The van der Waals surface area contributed by atoms with Gasteiger partial charge in [0.1, 0.15) is 5.75 Å². The molecule has 2 aromatic carbocycles. The third kappa shape index (κ3) is 4.51. The molecule has 0 fully saturated rings. The molecule has 0 saturated carbocycles. The lowest BCUT2D eigenvalue weighted by molar-refractivity contribution is 0.0847. The second-order valence-electron chi connectivity index (χ2n) is 6.67. The van der Waals surface area contributed by atoms with Crippen LogP contribution in [0.3, 0.4) is 0 Å². The van der Waals surface area contributed by atoms with Crippen molar-refractivity contribution in [2.24, 2.45) is 0 Å². The van der Waals surface area contributed by atoms with Gasteiger partial charge in [0.25, 0.3) is 11.8 Å². The Balaban J connectivity index is 1.56. The zero-order chi connectivity index (χ0) is 21.6. The highest BCUT2D eigenvalue weighted by atomic mass is 16.5. The number of pyridine rings is 2. The second kappa shape index (κ2) is 9.04. The molecule has 2 N–H and O–H groups in total. The highest BCUT2D eigenvalue weighted by Crippen LogP contribution is 2.24. The van der Waals surface area contributed by atoms with Crippen molar-refractivity contribution < 1.29 is 14.3 Å². The first-order valence-electron chi connectivity index (χ1n) is 9.79. The molecule has 2 aromatic heterocycles. The number of hydrogen-bond donors (Lipinski definition) is 2. The van der Waals surface area contributed by atoms with E-state index in [1.807, 2.05) is 43.3 Å². The fraction of sp³-hybridized carbons (Fsp3) is 0.0833. The summed E-state index contributed by atoms with van der Waals surface area (Å²) in [6, 6.07) is 19.4. The standard InChI is InChI=1S/C24H20N4O3/c1-2-31-18-9-7-17(8-10-18)23(29)27-28-24(30)20-15-22(16-11-13-25-14-12-16)26-21-6-4-3-5-19(20)21/h3-15H,2H2,1H3,(H,27,29)(H,28,30). The molecule has 0 aliphatic rings. The Morgan fingerprint density at radius 1 is 0.903 bits per heavy atom. The smallest absolute Gasteiger partial charge is 0.270 e. The highest BCUT2D eigenvalue weighted by molar-refractivity contribution is 6.08. The number of carbonyl (C=O) groups is 2. The SMILES string of the molecule is CCOc1ccc(C(=O)NNC(=O)c2cc(-c3ccncc3)nc3ccccc23)cc1. The molecule has 0 atom stereocenters. The van der Waals surface area contributed by atoms with Crippen LogP contribution in [0.25, 0.3) is 22.2 Å². The number of nitrogens with one attached hydrogen (secondary N) is 2. The van der Waals surface area contributed by atoms with Crippen molar-refractivity contribution in [3.8, 4) is 17.0 Å². The predicted molar refractivity (Wildman–Crippen MR) is 118 cm³/mol. The summed E-state index contributed by atoms with van der Waals surface area (Å²) in [6.07, 6.45) is 3.34. The molecule has 0 aliphatic heterocycles. The van der Waals surface area contributed by atoms with E-state index in [1.54, 1.807) is 42.7 Å². The van der Waals surface area contributed by atoms with Gasteiger partial charge in [0.05, 0.1) is 23.4 Å². The zero-order valence-electron chi connectivity index (χ0n) is 16.8. The van der Waals surface area contributed by atoms with Crippen LogP contribution in [-0.2, 0) is 0 Å². The first-order chi connectivity index (χ1) is 15.2. The van der Waals surface area contributed by atoms with Crippen LogP contribution >= 0.6 is 0 Å². The number of fused-ring (bicyclic) bond motifs is 1. The van der Waals surface area contributed by atoms with E-state index in [0.29, 0.717) is 40.1 Å². The van der Waals surface area contributed by atoms with Gasteiger partial charge in [-0.1, -0.05) is 18.2 Å². The number of hydrogen-bond acceptors (Lipinski definition) is 5. The van der Waals surface area contributed by atoms with Gasteiger partial charge in [-0.3, -0.25) is 25.4 Å². The quantitative estimate of drug-likeness (QED) is 0.487. The van der Waals surface area contributed by atoms with Crippen LogP contribution in [0.1, 0.15) is 27.6 Å². The van der Waals surface area contributed by atoms with E-state index < -0.39 is 11.8 Å². The molecule has 0 saturated heterocycles. The number of para-hydroxylation sites is 1. The third-order valence-electron chi connectivity index (χ3n) is 4.65. The molecular weight excluding hydrogens is 392 g/mol. The van der Waals surface area contributed by atoms with Gasteiger partial charge in [0, 0.05) is 28.9 Å². The molecule has 0 unspecified atom stereocenters. The molecule has 4 aromatic rings. The molecular formula is C24H20N4O3. The van der Waals surface area contributed by atoms with E-state index >= 15 is 0 Å². The van der Waals surface area contributed by atoms with Gasteiger partial charge < -0.3 is 4.74 Å². The number of nitrogens with zero attached hydrogens (tertiary/aromatic N) is 2. The normalized spacial score (nSPS) is 10.5. The number of benzene rings is 2. The van der Waals surface area contributed by atoms with Crippen molar-refractivity contribution in [1.82, 2.24) is 20.8 Å². The number of ether oxygens (including phenoxy) is 1. The van der Waals surface area contributed by atoms with Crippen LogP contribution in [0.4, 0.5) is 0 Å². The summed E-state index contributed by atoms with van der Waals surface area (Å²) < 4.78 is 5.37. The van der Waals surface area contributed by atoms with Crippen molar-refractivity contribution in [1.29, 1.82) is 0 Å². The highest BCUT2D eigenvalue weighted by Gasteiger charge is 2.15. The molecule has 0 radical (unpaired) electrons. The summed E-state index contributed by atoms with van der Waals surface area (Å²) in [5.41, 5.74) is 7.94. The van der Waals surface area contributed by atoms with E-state index in [4.69, 9.17) is 4.74 Å². The van der Waals surface area contributed by atoms with Gasteiger partial charge in [-0.2, -0.15) is 0 Å². The van der Waals surface area contributed by atoms with Crippen molar-refractivity contribution in [2.75, 3.05) is 6.61 Å². The summed E-state index contributed by atoms with van der Waals surface area (Å²) in [7, 11) is 0. The van der Waals surface area contributed by atoms with E-state index in [0.717, 1.165) is 5.56 Å². The summed E-state index contributed by atoms with van der Waals surface area (Å²) in [6.45, 7) is 2.43. The maximum atomic E-state index is 12.9. The van der Waals surface area contributed by atoms with Crippen LogP contribution in [0.5, 0.6) is 5.75 Å². The fourth-order valence-corrected chi connectivity index (χ4v) is 3.16. The monoisotopic (exact) mass is 412 g/mol. The average Bonchev–Trinajstić information content (AvgIpc) is 2.83. The molecule has 4 rings (SSSR count). The number of amides is 2. The topological polar surface area (TPSA) is 93.2 Å². The Kier molecular flexibility index (Phi) is 5.84. The second-order valence-corrected chi connectivity index (χ2v) is 6.67. The zero-order valence-corrected chi connectivity index (χ0v) is 16.8. The summed E-state index contributed by atoms with van der Waals surface area (Å²) in [4.78, 5) is 34.0. The van der Waals surface area contributed by atoms with E-state index in [1.165, 1.54) is 0 Å². The van der Waals surface area contributed by atoms with Gasteiger partial charge in [0.15, 0.2) is 0 Å². The van der Waals surface area contributed by atoms with Gasteiger partial charge in [-0.15, -0.1) is 0 Å². The van der Waals surface area contributed by atoms with Crippen LogP contribution in [-0.4, -0.2) is 28.4 Å². The lowest BCUT2D eigenvalue weighted by Crippen LogP contribution is -2.41. The van der Waals surface area contributed by atoms with E-state index in [9.17, 15) is 9.59 Å². The van der Waals surface area contributed by atoms with Crippen LogP contribution < -0.4 is 15.6 Å². The third-order valence-corrected chi connectivity index (χ3v) is 4.65. The maximum Gasteiger partial charge on any atom is 0.270 e. The first-order valence-corrected chi connectivity index (χ1v) is 9.79. The van der Waals surface area contributed by atoms with E-state index in [-0.39, 0.29) is 0 Å². The number of aromatic nitrogens is 2. The maximum absolute atomic E-state index is 12.9. The Bertz CT molecular complexity index is 1220. The number of hydrazine groups is 1. The van der Waals surface area contributed by atoms with Crippen molar-refractivity contribution >= 4 is 22.7 Å². The minimum Gasteiger partial charge on any atom is -0.494 e. The summed E-state index contributed by atoms with van der Waals surface area (Å²) in [5, 5.41) is 0.688. The number of carbonyl (C=O) groups excluding carboxylic acids is 2. The predicted octanol–water partition coefficient (Wildman–Crippen LogP) is 3.77. The Labute approximate surface area is 179 Å². The van der Waals surface area contributed by atoms with Gasteiger partial charge in [-0.05, 0) is 55.5 Å². The minimum absolute atomic E-state index is 0.404. The van der Waals surface area contributed by atoms with Crippen molar-refractivity contribution in [2.45, 2.75) is 6.92 Å². The van der Waals surface area contributed by atoms with E-state index in [2.05, 4.69) is 20.8 Å². The molecule has 2 amide bonds. The molecule has 7 nitrogen and oxygen atoms in total. The molecule has 0 aliphatic carbocycles. The van der Waals surface area contributed by atoms with Crippen LogP contribution in [0.2, 0.25) is 0 Å². The summed E-state index contributed by atoms with van der Waals surface area (Å²) >= 11 is 0. The van der Waals surface area contributed by atoms with Crippen LogP contribution in [0.15, 0.2) is 79.1 Å². The van der Waals surface area contributed by atoms with Gasteiger partial charge >= 0.3 is 0 Å². The summed E-state index contributed by atoms with van der Waals surface area (Å²) in [5.74, 6) is -0.188. The molecule has 7 heteroatoms. The minimum atomic E-state index is -0.437. The molecule has 31 heavy (non-hydrogen) atoms. The Morgan fingerprint density at radius 2 is 1.61 bits per heavy atom. The molecule has 0 bridgehead atoms. The Hall–Kier alpha value is -4.26. The fourth-order valence-electron chi connectivity index (χ4n) is 3.16. The Morgan fingerprint density at radius 3 is 2.35 bits per heavy atom. The van der Waals surface area contributed by atoms with Crippen LogP contribution in [0, 0.1) is 0 Å². The lowest BCUT2D eigenvalue weighted by Gasteiger charge is -2.11. The first kappa shape index (κ1) is 20.0. The molecule has 2 heterocycles. The van der Waals surface area contributed by atoms with Gasteiger partial charge in [0.2, 0.25) is 0 Å². The molecule has 0 spiro atoms. The molecule has 154 valence electrons. The van der Waals surface area contributed by atoms with Crippen molar-refractivity contribution in [3.63, 3.8) is 0 Å². The average molecular weight is 412 g/mol. The lowest BCUT2D eigenvalue weighted by atomic mass is 10.0. The van der Waals surface area contributed by atoms with Gasteiger partial charge in [-0.25, -0.2) is 4.98 Å².